The van der Waals surface area contributed by atoms with Gasteiger partial charge in [-0.15, -0.1) is 0 Å². The highest BCUT2D eigenvalue weighted by Gasteiger charge is 2.06. The first-order valence-electron chi connectivity index (χ1n) is 5.05. The van der Waals surface area contributed by atoms with Crippen molar-refractivity contribution in [3.8, 4) is 0 Å². The van der Waals surface area contributed by atoms with E-state index in [9.17, 15) is 0 Å². The van der Waals surface area contributed by atoms with Crippen LogP contribution in [-0.2, 0) is 0 Å². The van der Waals surface area contributed by atoms with Crippen LogP contribution in [0.5, 0.6) is 0 Å². The van der Waals surface area contributed by atoms with E-state index >= 15 is 0 Å². The molecule has 0 aliphatic heterocycles. The van der Waals surface area contributed by atoms with Gasteiger partial charge >= 0.3 is 0 Å². The number of aryl methyl sites for hydroxylation is 1. The van der Waals surface area contributed by atoms with Gasteiger partial charge in [-0.3, -0.25) is 0 Å². The van der Waals surface area contributed by atoms with Gasteiger partial charge in [-0.2, -0.15) is 0 Å². The van der Waals surface area contributed by atoms with Crippen molar-refractivity contribution in [2.75, 3.05) is 17.7 Å². The molecule has 0 bridgehead atoms. The summed E-state index contributed by atoms with van der Waals surface area (Å²) in [5.74, 6) is 0.663. The number of aromatic nitrogens is 2. The quantitative estimate of drug-likeness (QED) is 0.778. The summed E-state index contributed by atoms with van der Waals surface area (Å²) in [4.78, 5) is 10.4. The Morgan fingerprint density at radius 3 is 2.50 bits per heavy atom. The maximum Gasteiger partial charge on any atom is 0.229 e. The van der Waals surface area contributed by atoms with Crippen LogP contribution in [0, 0.1) is 6.92 Å². The number of nitrogen functional groups attached to an aromatic ring is 1. The van der Waals surface area contributed by atoms with Crippen LogP contribution in [0.1, 0.15) is 5.56 Å². The Morgan fingerprint density at radius 1 is 1.19 bits per heavy atom. The predicted molar refractivity (Wildman–Crippen MR) is 65.7 cm³/mol. The van der Waals surface area contributed by atoms with Crippen molar-refractivity contribution >= 4 is 17.3 Å². The minimum Gasteiger partial charge on any atom is -0.399 e. The topological polar surface area (TPSA) is 55.0 Å². The van der Waals surface area contributed by atoms with Crippen molar-refractivity contribution in [3.63, 3.8) is 0 Å². The smallest absolute Gasteiger partial charge is 0.229 e. The molecule has 0 saturated heterocycles. The largest absolute Gasteiger partial charge is 0.399 e. The molecule has 1 aromatic heterocycles. The van der Waals surface area contributed by atoms with Gasteiger partial charge in [0.25, 0.3) is 0 Å². The van der Waals surface area contributed by atoms with Gasteiger partial charge in [0, 0.05) is 30.8 Å². The highest BCUT2D eigenvalue weighted by molar-refractivity contribution is 5.61. The van der Waals surface area contributed by atoms with Gasteiger partial charge in [-0.1, -0.05) is 6.07 Å². The second kappa shape index (κ2) is 4.18. The Hall–Kier alpha value is -2.10. The summed E-state index contributed by atoms with van der Waals surface area (Å²) in [6, 6.07) is 7.63. The lowest BCUT2D eigenvalue weighted by Crippen LogP contribution is -2.13. The second-order valence-corrected chi connectivity index (χ2v) is 3.71. The van der Waals surface area contributed by atoms with Crippen molar-refractivity contribution in [1.29, 1.82) is 0 Å². The summed E-state index contributed by atoms with van der Waals surface area (Å²) in [5.41, 5.74) is 8.49. The molecule has 2 aromatic rings. The van der Waals surface area contributed by atoms with Crippen LogP contribution in [-0.4, -0.2) is 17.0 Å². The molecule has 2 N–H and O–H groups in total. The summed E-state index contributed by atoms with van der Waals surface area (Å²) >= 11 is 0. The number of hydrogen-bond acceptors (Lipinski definition) is 4. The lowest BCUT2D eigenvalue weighted by Gasteiger charge is -2.17. The summed E-state index contributed by atoms with van der Waals surface area (Å²) in [5, 5.41) is 0. The molecular formula is C12H14N4. The maximum absolute atomic E-state index is 5.73. The van der Waals surface area contributed by atoms with E-state index in [1.165, 1.54) is 0 Å². The molecule has 0 atom stereocenters. The van der Waals surface area contributed by atoms with E-state index in [4.69, 9.17) is 5.73 Å². The van der Waals surface area contributed by atoms with Gasteiger partial charge in [0.05, 0.1) is 0 Å². The van der Waals surface area contributed by atoms with Gasteiger partial charge < -0.3 is 10.6 Å². The average molecular weight is 214 g/mol. The summed E-state index contributed by atoms with van der Waals surface area (Å²) in [6.45, 7) is 1.96. The van der Waals surface area contributed by atoms with Crippen LogP contribution in [0.2, 0.25) is 0 Å². The number of rotatable bonds is 2. The van der Waals surface area contributed by atoms with E-state index in [-0.39, 0.29) is 0 Å². The van der Waals surface area contributed by atoms with Crippen molar-refractivity contribution < 1.29 is 0 Å². The predicted octanol–water partition coefficient (Wildman–Crippen LogP) is 2.14. The highest BCUT2D eigenvalue weighted by atomic mass is 15.2. The normalized spacial score (nSPS) is 10.1. The molecule has 0 saturated carbocycles. The Morgan fingerprint density at radius 2 is 1.88 bits per heavy atom. The summed E-state index contributed by atoms with van der Waals surface area (Å²) < 4.78 is 0. The standard InChI is InChI=1S/C12H14N4/c1-9-7-14-12(15-8-9)16(2)11-5-3-4-10(13)6-11/h3-8H,13H2,1-2H3. The Kier molecular flexibility index (Phi) is 2.72. The van der Waals surface area contributed by atoms with Crippen LogP contribution in [0.3, 0.4) is 0 Å². The third kappa shape index (κ3) is 2.11. The van der Waals surface area contributed by atoms with Gasteiger partial charge in [0.2, 0.25) is 5.95 Å². The third-order valence-electron chi connectivity index (χ3n) is 2.32. The lowest BCUT2D eigenvalue weighted by atomic mass is 10.2. The van der Waals surface area contributed by atoms with Gasteiger partial charge in [0.1, 0.15) is 0 Å². The van der Waals surface area contributed by atoms with Gasteiger partial charge in [0.15, 0.2) is 0 Å². The molecule has 0 aliphatic carbocycles. The van der Waals surface area contributed by atoms with Gasteiger partial charge in [-0.25, -0.2) is 9.97 Å². The maximum atomic E-state index is 5.73. The fraction of sp³-hybridized carbons (Fsp3) is 0.167. The zero-order valence-corrected chi connectivity index (χ0v) is 9.38. The van der Waals surface area contributed by atoms with Crippen LogP contribution in [0.15, 0.2) is 36.7 Å². The molecule has 82 valence electrons. The van der Waals surface area contributed by atoms with E-state index in [1.807, 2.05) is 43.1 Å². The molecule has 1 heterocycles. The van der Waals surface area contributed by atoms with Crippen molar-refractivity contribution in [2.24, 2.45) is 0 Å². The molecule has 0 radical (unpaired) electrons. The fourth-order valence-electron chi connectivity index (χ4n) is 1.41. The van der Waals surface area contributed by atoms with Gasteiger partial charge in [-0.05, 0) is 30.7 Å². The molecule has 0 unspecified atom stereocenters. The Labute approximate surface area is 94.8 Å². The number of nitrogens with zero attached hydrogens (tertiary/aromatic N) is 3. The van der Waals surface area contributed by atoms with Crippen molar-refractivity contribution in [3.05, 3.63) is 42.2 Å². The zero-order chi connectivity index (χ0) is 11.5. The summed E-state index contributed by atoms with van der Waals surface area (Å²) in [7, 11) is 1.92. The van der Waals surface area contributed by atoms with E-state index in [1.54, 1.807) is 12.4 Å². The Balaban J connectivity index is 2.31. The van der Waals surface area contributed by atoms with Crippen LogP contribution in [0.25, 0.3) is 0 Å². The molecule has 0 aliphatic rings. The van der Waals surface area contributed by atoms with E-state index in [0.29, 0.717) is 5.95 Å². The number of nitrogens with two attached hydrogens (primary N) is 1. The van der Waals surface area contributed by atoms with Crippen LogP contribution < -0.4 is 10.6 Å². The molecule has 0 fully saturated rings. The minimum atomic E-state index is 0.663. The Bertz CT molecular complexity index is 479. The minimum absolute atomic E-state index is 0.663. The molecule has 4 nitrogen and oxygen atoms in total. The third-order valence-corrected chi connectivity index (χ3v) is 2.32. The van der Waals surface area contributed by atoms with Crippen LogP contribution in [0.4, 0.5) is 17.3 Å². The molecule has 0 amide bonds. The molecule has 1 aromatic carbocycles. The molecule has 0 spiro atoms. The number of anilines is 3. The SMILES string of the molecule is Cc1cnc(N(C)c2cccc(N)c2)nc1. The van der Waals surface area contributed by atoms with E-state index < -0.39 is 0 Å². The summed E-state index contributed by atoms with van der Waals surface area (Å²) in [6.07, 6.45) is 3.59. The zero-order valence-electron chi connectivity index (χ0n) is 9.38. The highest BCUT2D eigenvalue weighted by Crippen LogP contribution is 2.21. The average Bonchev–Trinajstić information content (AvgIpc) is 2.29. The van der Waals surface area contributed by atoms with Crippen molar-refractivity contribution in [1.82, 2.24) is 9.97 Å². The monoisotopic (exact) mass is 214 g/mol. The van der Waals surface area contributed by atoms with Crippen molar-refractivity contribution in [2.45, 2.75) is 6.92 Å². The number of benzene rings is 1. The molecular weight excluding hydrogens is 200 g/mol. The first-order chi connectivity index (χ1) is 7.66. The fourth-order valence-corrected chi connectivity index (χ4v) is 1.41. The van der Waals surface area contributed by atoms with E-state index in [0.717, 1.165) is 16.9 Å². The first kappa shape index (κ1) is 10.4. The number of hydrogen-bond donors (Lipinski definition) is 1. The lowest BCUT2D eigenvalue weighted by molar-refractivity contribution is 1.03. The molecule has 16 heavy (non-hydrogen) atoms. The molecule has 4 heteroatoms. The molecule has 2 rings (SSSR count). The van der Waals surface area contributed by atoms with E-state index in [2.05, 4.69) is 9.97 Å². The first-order valence-corrected chi connectivity index (χ1v) is 5.05. The second-order valence-electron chi connectivity index (χ2n) is 3.71. The van der Waals surface area contributed by atoms with Crippen LogP contribution >= 0.6 is 0 Å².